The van der Waals surface area contributed by atoms with E-state index < -0.39 is 0 Å². The third-order valence-electron chi connectivity index (χ3n) is 1.87. The lowest BCUT2D eigenvalue weighted by molar-refractivity contribution is 0.306. The maximum Gasteiger partial charge on any atom is 0.119 e. The summed E-state index contributed by atoms with van der Waals surface area (Å²) in [5, 5.41) is 1.08. The summed E-state index contributed by atoms with van der Waals surface area (Å²) in [6, 6.07) is 7.95. The number of benzene rings is 1. The zero-order valence-corrected chi connectivity index (χ0v) is 9.05. The summed E-state index contributed by atoms with van der Waals surface area (Å²) in [5.74, 6) is 0.957. The molecule has 0 amide bonds. The Hall–Kier alpha value is -0.550. The molecule has 0 atom stereocenters. The van der Waals surface area contributed by atoms with Crippen LogP contribution in [0.3, 0.4) is 0 Å². The fourth-order valence-corrected chi connectivity index (χ4v) is 1.26. The van der Waals surface area contributed by atoms with Crippen LogP contribution in [0.15, 0.2) is 24.3 Å². The van der Waals surface area contributed by atoms with Gasteiger partial charge in [0.1, 0.15) is 5.75 Å². The minimum absolute atomic E-state index is 0.828. The van der Waals surface area contributed by atoms with E-state index in [4.69, 9.17) is 4.74 Å². The zero-order chi connectivity index (χ0) is 9.52. The van der Waals surface area contributed by atoms with Gasteiger partial charge in [0.2, 0.25) is 0 Å². The van der Waals surface area contributed by atoms with E-state index >= 15 is 0 Å². The van der Waals surface area contributed by atoms with Gasteiger partial charge in [0, 0.05) is 0 Å². The summed E-state index contributed by atoms with van der Waals surface area (Å²) in [5.41, 5.74) is 0. The number of unbranched alkanes of at least 4 members (excludes halogenated alkanes) is 2. The van der Waals surface area contributed by atoms with Crippen LogP contribution in [0.4, 0.5) is 0 Å². The van der Waals surface area contributed by atoms with Crippen LogP contribution in [0, 0.1) is 0 Å². The van der Waals surface area contributed by atoms with E-state index in [1.54, 1.807) is 0 Å². The van der Waals surface area contributed by atoms with Gasteiger partial charge in [0.15, 0.2) is 0 Å². The number of hydrogen-bond acceptors (Lipinski definition) is 1. The Morgan fingerprint density at radius 2 is 1.85 bits per heavy atom. The Morgan fingerprint density at radius 3 is 2.46 bits per heavy atom. The molecule has 0 bridgehead atoms. The Labute approximate surface area is 82.7 Å². The standard InChI is InChI=1S/C11H16OP/c1-2-3-4-9-12-10-5-7-11(13)8-6-10/h5-8,13H,2-4,9H2,1H3/q-1. The van der Waals surface area contributed by atoms with Crippen LogP contribution in [-0.4, -0.2) is 6.61 Å². The number of rotatable bonds is 5. The van der Waals surface area contributed by atoms with E-state index in [2.05, 4.69) is 16.2 Å². The van der Waals surface area contributed by atoms with Crippen molar-refractivity contribution >= 4 is 14.5 Å². The zero-order valence-electron chi connectivity index (χ0n) is 8.05. The molecule has 72 valence electrons. The molecule has 1 nitrogen and oxygen atoms in total. The second-order valence-corrected chi connectivity index (χ2v) is 3.66. The van der Waals surface area contributed by atoms with Crippen molar-refractivity contribution < 1.29 is 4.74 Å². The molecule has 0 aliphatic heterocycles. The molecule has 0 aliphatic rings. The SMILES string of the molecule is CCCCCOc1ccc([PH-])cc1. The monoisotopic (exact) mass is 195 g/mol. The van der Waals surface area contributed by atoms with Gasteiger partial charge in [-0.1, -0.05) is 31.9 Å². The number of ether oxygens (including phenoxy) is 1. The first-order chi connectivity index (χ1) is 6.33. The van der Waals surface area contributed by atoms with Gasteiger partial charge in [0.05, 0.1) is 6.61 Å². The van der Waals surface area contributed by atoms with Gasteiger partial charge in [-0.25, -0.2) is 5.30 Å². The first kappa shape index (κ1) is 10.5. The van der Waals surface area contributed by atoms with Gasteiger partial charge in [-0.15, -0.1) is 0 Å². The average molecular weight is 195 g/mol. The Morgan fingerprint density at radius 1 is 1.15 bits per heavy atom. The van der Waals surface area contributed by atoms with E-state index in [0.717, 1.165) is 24.1 Å². The summed E-state index contributed by atoms with van der Waals surface area (Å²) in [4.78, 5) is 0. The molecule has 0 saturated heterocycles. The summed E-state index contributed by atoms with van der Waals surface area (Å²) >= 11 is 0. The highest BCUT2D eigenvalue weighted by atomic mass is 31.0. The van der Waals surface area contributed by atoms with Crippen molar-refractivity contribution in [3.63, 3.8) is 0 Å². The molecule has 0 aromatic heterocycles. The van der Waals surface area contributed by atoms with Crippen molar-refractivity contribution in [1.29, 1.82) is 0 Å². The molecule has 2 heteroatoms. The molecule has 0 radical (unpaired) electrons. The maximum atomic E-state index is 5.54. The highest BCUT2D eigenvalue weighted by molar-refractivity contribution is 7.27. The molecular formula is C11H16OP-. The fraction of sp³-hybridized carbons (Fsp3) is 0.455. The molecule has 1 aromatic rings. The lowest BCUT2D eigenvalue weighted by Gasteiger charge is -2.07. The first-order valence-corrected chi connectivity index (χ1v) is 5.27. The minimum Gasteiger partial charge on any atom is -0.525 e. The lowest BCUT2D eigenvalue weighted by Crippen LogP contribution is -1.98. The van der Waals surface area contributed by atoms with Crippen LogP contribution in [0.1, 0.15) is 26.2 Å². The van der Waals surface area contributed by atoms with Crippen LogP contribution in [0.5, 0.6) is 5.75 Å². The van der Waals surface area contributed by atoms with Gasteiger partial charge in [0.25, 0.3) is 0 Å². The Bertz CT molecular complexity index is 230. The van der Waals surface area contributed by atoms with Gasteiger partial charge >= 0.3 is 0 Å². The molecule has 1 rings (SSSR count). The molecule has 0 N–H and O–H groups in total. The van der Waals surface area contributed by atoms with E-state index in [0.29, 0.717) is 0 Å². The third kappa shape index (κ3) is 4.28. The molecule has 0 aliphatic carbocycles. The van der Waals surface area contributed by atoms with Crippen LogP contribution >= 0.6 is 9.24 Å². The van der Waals surface area contributed by atoms with Crippen molar-refractivity contribution in [2.45, 2.75) is 26.2 Å². The molecule has 1 aromatic carbocycles. The summed E-state index contributed by atoms with van der Waals surface area (Å²) in [6.07, 6.45) is 3.63. The van der Waals surface area contributed by atoms with Gasteiger partial charge in [-0.3, -0.25) is 0 Å². The fourth-order valence-electron chi connectivity index (χ4n) is 1.09. The molecule has 13 heavy (non-hydrogen) atoms. The van der Waals surface area contributed by atoms with Crippen molar-refractivity contribution in [2.75, 3.05) is 6.61 Å². The third-order valence-corrected chi connectivity index (χ3v) is 2.20. The quantitative estimate of drug-likeness (QED) is 0.518. The van der Waals surface area contributed by atoms with Gasteiger partial charge in [-0.05, 0) is 18.6 Å². The molecular weight excluding hydrogens is 179 g/mol. The van der Waals surface area contributed by atoms with Crippen LogP contribution in [0.2, 0.25) is 0 Å². The lowest BCUT2D eigenvalue weighted by atomic mass is 10.3. The summed E-state index contributed by atoms with van der Waals surface area (Å²) < 4.78 is 5.54. The minimum atomic E-state index is 0.828. The second-order valence-electron chi connectivity index (χ2n) is 3.08. The average Bonchev–Trinajstić information content (AvgIpc) is 2.15. The normalized spacial score (nSPS) is 10.0. The Balaban J connectivity index is 2.25. The van der Waals surface area contributed by atoms with E-state index in [1.807, 2.05) is 24.3 Å². The van der Waals surface area contributed by atoms with Crippen LogP contribution < -0.4 is 10.0 Å². The molecule has 0 fully saturated rings. The second kappa shape index (κ2) is 5.99. The summed E-state index contributed by atoms with van der Waals surface area (Å²) in [7, 11) is 3.43. The number of hydrogen-bond donors (Lipinski definition) is 0. The highest BCUT2D eigenvalue weighted by Gasteiger charge is 1.90. The van der Waals surface area contributed by atoms with Crippen molar-refractivity contribution in [2.24, 2.45) is 0 Å². The molecule has 0 spiro atoms. The van der Waals surface area contributed by atoms with Crippen molar-refractivity contribution in [3.05, 3.63) is 24.3 Å². The van der Waals surface area contributed by atoms with Crippen molar-refractivity contribution in [3.8, 4) is 5.75 Å². The van der Waals surface area contributed by atoms with Crippen LogP contribution in [0.25, 0.3) is 0 Å². The smallest absolute Gasteiger partial charge is 0.119 e. The largest absolute Gasteiger partial charge is 0.525 e. The topological polar surface area (TPSA) is 9.23 Å². The highest BCUT2D eigenvalue weighted by Crippen LogP contribution is 2.09. The molecule has 0 saturated carbocycles. The van der Waals surface area contributed by atoms with Crippen LogP contribution in [-0.2, 0) is 0 Å². The first-order valence-electron chi connectivity index (χ1n) is 4.77. The van der Waals surface area contributed by atoms with Crippen molar-refractivity contribution in [1.82, 2.24) is 0 Å². The van der Waals surface area contributed by atoms with Gasteiger partial charge < -0.3 is 14.0 Å². The van der Waals surface area contributed by atoms with Gasteiger partial charge in [-0.2, -0.15) is 0 Å². The van der Waals surface area contributed by atoms with E-state index in [-0.39, 0.29) is 0 Å². The predicted molar refractivity (Wildman–Crippen MR) is 59.4 cm³/mol. The molecule has 0 heterocycles. The van der Waals surface area contributed by atoms with E-state index in [1.165, 1.54) is 12.8 Å². The summed E-state index contributed by atoms with van der Waals surface area (Å²) in [6.45, 7) is 3.02. The molecule has 0 unspecified atom stereocenters. The van der Waals surface area contributed by atoms with E-state index in [9.17, 15) is 0 Å². The predicted octanol–water partition coefficient (Wildman–Crippen LogP) is 3.02. The maximum absolute atomic E-state index is 5.54. The Kier molecular flexibility index (Phi) is 4.85.